The van der Waals surface area contributed by atoms with Crippen molar-refractivity contribution < 1.29 is 17.9 Å². The van der Waals surface area contributed by atoms with Gasteiger partial charge in [-0.05, 0) is 43.2 Å². The van der Waals surface area contributed by atoms with E-state index in [1.165, 1.54) is 4.31 Å². The van der Waals surface area contributed by atoms with E-state index in [1.807, 2.05) is 19.1 Å². The summed E-state index contributed by atoms with van der Waals surface area (Å²) in [6, 6.07) is 14.0. The van der Waals surface area contributed by atoms with E-state index in [2.05, 4.69) is 0 Å². The summed E-state index contributed by atoms with van der Waals surface area (Å²) in [6.07, 6.45) is 0.257. The highest BCUT2D eigenvalue weighted by Crippen LogP contribution is 2.35. The van der Waals surface area contributed by atoms with E-state index in [4.69, 9.17) is 4.74 Å². The first-order chi connectivity index (χ1) is 13.4. The summed E-state index contributed by atoms with van der Waals surface area (Å²) in [4.78, 5) is 14.5. The van der Waals surface area contributed by atoms with Gasteiger partial charge in [0.2, 0.25) is 15.9 Å². The molecule has 1 amide bonds. The minimum absolute atomic E-state index is 0.0652. The fourth-order valence-electron chi connectivity index (χ4n) is 3.48. The Hall–Kier alpha value is -2.38. The van der Waals surface area contributed by atoms with Crippen LogP contribution in [0.5, 0.6) is 5.75 Å². The van der Waals surface area contributed by atoms with Crippen molar-refractivity contribution in [2.24, 2.45) is 0 Å². The first-order valence-corrected chi connectivity index (χ1v) is 10.8. The molecule has 0 unspecified atom stereocenters. The maximum absolute atomic E-state index is 13.4. The molecule has 6 nitrogen and oxygen atoms in total. The van der Waals surface area contributed by atoms with Crippen molar-refractivity contribution in [3.63, 3.8) is 0 Å². The van der Waals surface area contributed by atoms with Crippen LogP contribution < -0.4 is 4.74 Å². The van der Waals surface area contributed by atoms with Gasteiger partial charge in [0.15, 0.2) is 0 Å². The average Bonchev–Trinajstić information content (AvgIpc) is 2.73. The summed E-state index contributed by atoms with van der Waals surface area (Å²) < 4.78 is 33.5. The maximum Gasteiger partial charge on any atom is 0.245 e. The third-order valence-corrected chi connectivity index (χ3v) is 6.88. The number of methoxy groups -OCH3 is 1. The molecule has 2 aromatic rings. The average molecular weight is 403 g/mol. The van der Waals surface area contributed by atoms with Crippen LogP contribution in [0.4, 0.5) is 0 Å². The zero-order valence-corrected chi connectivity index (χ0v) is 17.3. The van der Waals surface area contributed by atoms with Gasteiger partial charge in [0, 0.05) is 19.5 Å². The molecule has 7 heteroatoms. The maximum atomic E-state index is 13.4. The molecule has 3 rings (SSSR count). The number of aryl methyl sites for hydroxylation is 1. The minimum atomic E-state index is -3.76. The van der Waals surface area contributed by atoms with Gasteiger partial charge in [-0.25, -0.2) is 8.42 Å². The van der Waals surface area contributed by atoms with E-state index in [0.717, 1.165) is 11.1 Å². The zero-order chi connectivity index (χ0) is 20.3. The third-order valence-electron chi connectivity index (χ3n) is 5.01. The van der Waals surface area contributed by atoms with Crippen molar-refractivity contribution in [2.75, 3.05) is 20.2 Å². The number of carbonyl (C=O) groups is 1. The van der Waals surface area contributed by atoms with Gasteiger partial charge in [0.05, 0.1) is 12.0 Å². The normalized spacial score (nSPS) is 18.1. The number of ether oxygens (including phenoxy) is 1. The van der Waals surface area contributed by atoms with E-state index in [-0.39, 0.29) is 10.8 Å². The Kier molecular flexibility index (Phi) is 6.05. The molecular formula is C21H26N2O4S. The molecule has 0 aromatic heterocycles. The van der Waals surface area contributed by atoms with E-state index >= 15 is 0 Å². The quantitative estimate of drug-likeness (QED) is 0.769. The summed E-state index contributed by atoms with van der Waals surface area (Å²) in [6.45, 7) is 4.60. The lowest BCUT2D eigenvalue weighted by Crippen LogP contribution is -2.51. The second-order valence-corrected chi connectivity index (χ2v) is 8.76. The van der Waals surface area contributed by atoms with Crippen LogP contribution >= 0.6 is 0 Å². The van der Waals surface area contributed by atoms with Crippen LogP contribution in [0.15, 0.2) is 53.4 Å². The Morgan fingerprint density at radius 1 is 1.07 bits per heavy atom. The van der Waals surface area contributed by atoms with Crippen LogP contribution in [0.1, 0.15) is 37.1 Å². The second-order valence-electron chi connectivity index (χ2n) is 6.87. The predicted molar refractivity (Wildman–Crippen MR) is 107 cm³/mol. The lowest BCUT2D eigenvalue weighted by atomic mass is 10.1. The van der Waals surface area contributed by atoms with Crippen LogP contribution in [0, 0.1) is 6.92 Å². The van der Waals surface area contributed by atoms with E-state index in [1.54, 1.807) is 55.3 Å². The second kappa shape index (κ2) is 8.32. The molecule has 0 bridgehead atoms. The number of sulfonamides is 1. The fraction of sp³-hybridized carbons (Fsp3) is 0.381. The van der Waals surface area contributed by atoms with E-state index in [0.29, 0.717) is 31.7 Å². The topological polar surface area (TPSA) is 66.9 Å². The van der Waals surface area contributed by atoms with E-state index in [9.17, 15) is 13.2 Å². The van der Waals surface area contributed by atoms with Crippen molar-refractivity contribution in [1.82, 2.24) is 9.21 Å². The Morgan fingerprint density at radius 2 is 1.71 bits per heavy atom. The van der Waals surface area contributed by atoms with Crippen LogP contribution in [-0.2, 0) is 14.8 Å². The van der Waals surface area contributed by atoms with Gasteiger partial charge in [-0.15, -0.1) is 0 Å². The van der Waals surface area contributed by atoms with Gasteiger partial charge in [-0.1, -0.05) is 36.8 Å². The molecule has 1 aliphatic rings. The number of carbonyl (C=O) groups excluding carboxylic acids is 1. The van der Waals surface area contributed by atoms with Crippen LogP contribution in [0.25, 0.3) is 0 Å². The fourth-order valence-corrected chi connectivity index (χ4v) is 5.10. The third kappa shape index (κ3) is 3.91. The molecule has 0 radical (unpaired) electrons. The van der Waals surface area contributed by atoms with Gasteiger partial charge in [0.25, 0.3) is 0 Å². The molecule has 150 valence electrons. The lowest BCUT2D eigenvalue weighted by molar-refractivity contribution is -0.138. The Morgan fingerprint density at radius 3 is 2.29 bits per heavy atom. The van der Waals surface area contributed by atoms with Crippen molar-refractivity contribution in [3.8, 4) is 5.75 Å². The Labute approximate surface area is 166 Å². The highest BCUT2D eigenvalue weighted by atomic mass is 32.2. The molecule has 1 atom stereocenters. The monoisotopic (exact) mass is 402 g/mol. The number of benzene rings is 2. The molecule has 0 spiro atoms. The molecule has 28 heavy (non-hydrogen) atoms. The van der Waals surface area contributed by atoms with Crippen LogP contribution in [0.2, 0.25) is 0 Å². The Balaban J connectivity index is 2.07. The highest BCUT2D eigenvalue weighted by Gasteiger charge is 2.40. The lowest BCUT2D eigenvalue weighted by Gasteiger charge is -2.43. The number of rotatable bonds is 5. The number of hydrogen-bond donors (Lipinski definition) is 0. The van der Waals surface area contributed by atoms with Gasteiger partial charge in [-0.3, -0.25) is 4.79 Å². The van der Waals surface area contributed by atoms with Crippen molar-refractivity contribution in [3.05, 3.63) is 59.7 Å². The molecule has 1 fully saturated rings. The summed E-state index contributed by atoms with van der Waals surface area (Å²) in [5.74, 6) is 0.616. The van der Waals surface area contributed by atoms with Gasteiger partial charge < -0.3 is 9.64 Å². The van der Waals surface area contributed by atoms with Crippen LogP contribution in [-0.4, -0.2) is 43.7 Å². The Bertz CT molecular complexity index is 924. The molecule has 0 aliphatic carbocycles. The largest absolute Gasteiger partial charge is 0.497 e. The van der Waals surface area contributed by atoms with Crippen molar-refractivity contribution in [2.45, 2.75) is 37.8 Å². The predicted octanol–water partition coefficient (Wildman–Crippen LogP) is 3.34. The SMILES string of the molecule is CCC(=O)N1CCCN(S(=O)(=O)c2ccc(C)cc2)[C@H]1c1ccc(OC)cc1. The molecule has 0 saturated carbocycles. The minimum Gasteiger partial charge on any atom is -0.497 e. The van der Waals surface area contributed by atoms with Crippen LogP contribution in [0.3, 0.4) is 0 Å². The number of nitrogens with zero attached hydrogens (tertiary/aromatic N) is 2. The molecular weight excluding hydrogens is 376 g/mol. The highest BCUT2D eigenvalue weighted by molar-refractivity contribution is 7.89. The summed E-state index contributed by atoms with van der Waals surface area (Å²) >= 11 is 0. The summed E-state index contributed by atoms with van der Waals surface area (Å²) in [5.41, 5.74) is 1.74. The summed E-state index contributed by atoms with van der Waals surface area (Å²) in [5, 5.41) is 0. The van der Waals surface area contributed by atoms with Gasteiger partial charge in [-0.2, -0.15) is 4.31 Å². The van der Waals surface area contributed by atoms with E-state index < -0.39 is 16.2 Å². The summed E-state index contributed by atoms with van der Waals surface area (Å²) in [7, 11) is -2.18. The smallest absolute Gasteiger partial charge is 0.245 e. The first kappa shape index (κ1) is 20.4. The first-order valence-electron chi connectivity index (χ1n) is 9.40. The number of amides is 1. The zero-order valence-electron chi connectivity index (χ0n) is 16.5. The van der Waals surface area contributed by atoms with Crippen molar-refractivity contribution >= 4 is 15.9 Å². The molecule has 2 aromatic carbocycles. The standard InChI is InChI=1S/C21H26N2O4S/c1-4-20(24)22-14-5-15-23(21(22)17-8-10-18(27-3)11-9-17)28(25,26)19-12-6-16(2)7-13-19/h6-13,21H,4-5,14-15H2,1-3H3/t21-/m0/s1. The van der Waals surface area contributed by atoms with Gasteiger partial charge in [0.1, 0.15) is 11.9 Å². The molecule has 1 heterocycles. The molecule has 1 aliphatic heterocycles. The number of hydrogen-bond acceptors (Lipinski definition) is 4. The molecule has 0 N–H and O–H groups in total. The van der Waals surface area contributed by atoms with Crippen molar-refractivity contribution in [1.29, 1.82) is 0 Å². The molecule has 1 saturated heterocycles. The van der Waals surface area contributed by atoms with Gasteiger partial charge >= 0.3 is 0 Å².